The van der Waals surface area contributed by atoms with Gasteiger partial charge in [0.1, 0.15) is 17.7 Å². The number of nitrogens with zero attached hydrogens (tertiary/aromatic N) is 1. The van der Waals surface area contributed by atoms with Crippen molar-refractivity contribution < 1.29 is 41.8 Å². The zero-order chi connectivity index (χ0) is 35.4. The van der Waals surface area contributed by atoms with E-state index in [1.807, 2.05) is 48.5 Å². The summed E-state index contributed by atoms with van der Waals surface area (Å²) in [4.78, 5) is 53.6. The van der Waals surface area contributed by atoms with Gasteiger partial charge in [0.15, 0.2) is 0 Å². The molecule has 1 aliphatic carbocycles. The number of halogens is 3. The molecule has 13 heteroatoms. The average Bonchev–Trinajstić information content (AvgIpc) is 3.38. The highest BCUT2D eigenvalue weighted by Gasteiger charge is 2.45. The minimum Gasteiger partial charge on any atom is -0.449 e. The molecule has 0 bridgehead atoms. The quantitative estimate of drug-likeness (QED) is 0.256. The van der Waals surface area contributed by atoms with Crippen molar-refractivity contribution in [1.82, 2.24) is 20.9 Å². The highest BCUT2D eigenvalue weighted by atomic mass is 19.4. The zero-order valence-corrected chi connectivity index (χ0v) is 27.5. The number of piperidine rings is 1. The van der Waals surface area contributed by atoms with Gasteiger partial charge in [0.25, 0.3) is 5.91 Å². The molecule has 0 aromatic heterocycles. The van der Waals surface area contributed by atoms with Crippen molar-refractivity contribution in [2.75, 3.05) is 32.8 Å². The number of alkyl halides is 3. The van der Waals surface area contributed by atoms with Gasteiger partial charge >= 0.3 is 18.4 Å². The van der Waals surface area contributed by atoms with Crippen LogP contribution in [0.3, 0.4) is 0 Å². The fourth-order valence-electron chi connectivity index (χ4n) is 6.07. The molecule has 0 unspecified atom stereocenters. The second kappa shape index (κ2) is 14.2. The van der Waals surface area contributed by atoms with Crippen LogP contribution in [0, 0.1) is 0 Å². The molecule has 260 valence electrons. The number of nitrogens with one attached hydrogen (secondary N) is 3. The van der Waals surface area contributed by atoms with Crippen molar-refractivity contribution in [1.29, 1.82) is 0 Å². The van der Waals surface area contributed by atoms with E-state index in [-0.39, 0.29) is 57.1 Å². The first-order valence-corrected chi connectivity index (χ1v) is 16.0. The standard InChI is InChI=1S/C36H39F3N4O6/c1-34(2,3)49-33(47)43-20-16-35(17-21-43,31(45)41-19-18-40-30(44)23-12-14-24(15-13-23)36(37,38)39)42-32(46)48-22-29-27-10-6-4-8-25(27)26-9-5-7-11-28(26)29/h4-15,29H,16-22H2,1-3H3,(H,40,44)(H,41,45)(H,42,46). The maximum Gasteiger partial charge on any atom is 0.416 e. The van der Waals surface area contributed by atoms with Crippen LogP contribution in [-0.4, -0.2) is 72.8 Å². The van der Waals surface area contributed by atoms with Gasteiger partial charge in [-0.05, 0) is 80.1 Å². The van der Waals surface area contributed by atoms with Crippen molar-refractivity contribution in [2.45, 2.75) is 56.8 Å². The molecule has 0 atom stereocenters. The summed E-state index contributed by atoms with van der Waals surface area (Å²) in [7, 11) is 0. The van der Waals surface area contributed by atoms with Crippen LogP contribution < -0.4 is 16.0 Å². The predicted molar refractivity (Wildman–Crippen MR) is 175 cm³/mol. The molecule has 1 heterocycles. The van der Waals surface area contributed by atoms with Gasteiger partial charge < -0.3 is 30.3 Å². The van der Waals surface area contributed by atoms with Crippen molar-refractivity contribution in [3.63, 3.8) is 0 Å². The van der Waals surface area contributed by atoms with Gasteiger partial charge in [0.2, 0.25) is 5.91 Å². The molecular formula is C36H39F3N4O6. The number of amides is 4. The van der Waals surface area contributed by atoms with E-state index in [0.29, 0.717) is 0 Å². The van der Waals surface area contributed by atoms with Gasteiger partial charge in [0.05, 0.1) is 5.56 Å². The Morgan fingerprint density at radius 1 is 0.816 bits per heavy atom. The Kier molecular flexibility index (Phi) is 10.2. The van der Waals surface area contributed by atoms with Crippen LogP contribution >= 0.6 is 0 Å². The normalized spacial score (nSPS) is 15.4. The van der Waals surface area contributed by atoms with Crippen LogP contribution in [-0.2, 0) is 20.4 Å². The van der Waals surface area contributed by atoms with Gasteiger partial charge in [0, 0.05) is 37.7 Å². The summed E-state index contributed by atoms with van der Waals surface area (Å²) in [6, 6.07) is 19.6. The summed E-state index contributed by atoms with van der Waals surface area (Å²) >= 11 is 0. The van der Waals surface area contributed by atoms with E-state index < -0.39 is 46.9 Å². The van der Waals surface area contributed by atoms with Crippen molar-refractivity contribution in [3.05, 3.63) is 95.1 Å². The Morgan fingerprint density at radius 3 is 1.92 bits per heavy atom. The first kappa shape index (κ1) is 35.2. The lowest BCUT2D eigenvalue weighted by atomic mass is 9.86. The summed E-state index contributed by atoms with van der Waals surface area (Å²) < 4.78 is 49.8. The third-order valence-electron chi connectivity index (χ3n) is 8.56. The topological polar surface area (TPSA) is 126 Å². The average molecular weight is 681 g/mol. The Balaban J connectivity index is 1.22. The number of rotatable bonds is 8. The minimum absolute atomic E-state index is 0.0298. The van der Waals surface area contributed by atoms with E-state index >= 15 is 0 Å². The lowest BCUT2D eigenvalue weighted by Gasteiger charge is -2.41. The molecule has 5 rings (SSSR count). The summed E-state index contributed by atoms with van der Waals surface area (Å²) in [5, 5.41) is 8.07. The lowest BCUT2D eigenvalue weighted by Crippen LogP contribution is -2.64. The Morgan fingerprint density at radius 2 is 1.37 bits per heavy atom. The third kappa shape index (κ3) is 8.33. The summed E-state index contributed by atoms with van der Waals surface area (Å²) in [5.41, 5.74) is 1.23. The number of benzene rings is 3. The Hall–Kier alpha value is -5.07. The molecule has 2 aliphatic rings. The van der Waals surface area contributed by atoms with Crippen LogP contribution in [0.25, 0.3) is 11.1 Å². The first-order valence-electron chi connectivity index (χ1n) is 16.0. The second-order valence-electron chi connectivity index (χ2n) is 13.1. The van der Waals surface area contributed by atoms with E-state index in [2.05, 4.69) is 16.0 Å². The zero-order valence-electron chi connectivity index (χ0n) is 27.5. The summed E-state index contributed by atoms with van der Waals surface area (Å²) in [6.45, 7) is 5.47. The minimum atomic E-state index is -4.52. The molecule has 1 aliphatic heterocycles. The SMILES string of the molecule is CC(C)(C)OC(=O)N1CCC(NC(=O)OCC2c3ccccc3-c3ccccc32)(C(=O)NCCNC(=O)c2ccc(C(F)(F)F)cc2)CC1. The van der Waals surface area contributed by atoms with Crippen LogP contribution in [0.5, 0.6) is 0 Å². The van der Waals surface area contributed by atoms with Crippen LogP contribution in [0.1, 0.15) is 66.6 Å². The highest BCUT2D eigenvalue weighted by molar-refractivity contribution is 5.94. The molecule has 1 fully saturated rings. The largest absolute Gasteiger partial charge is 0.449 e. The van der Waals surface area contributed by atoms with Gasteiger partial charge in [-0.3, -0.25) is 9.59 Å². The number of ether oxygens (including phenoxy) is 2. The van der Waals surface area contributed by atoms with Crippen molar-refractivity contribution >= 4 is 24.0 Å². The Bertz CT molecular complexity index is 1650. The van der Waals surface area contributed by atoms with E-state index in [0.717, 1.165) is 46.5 Å². The molecule has 0 saturated carbocycles. The third-order valence-corrected chi connectivity index (χ3v) is 8.56. The van der Waals surface area contributed by atoms with E-state index in [1.54, 1.807) is 20.8 Å². The van der Waals surface area contributed by atoms with Crippen LogP contribution in [0.2, 0.25) is 0 Å². The van der Waals surface area contributed by atoms with Gasteiger partial charge in [-0.15, -0.1) is 0 Å². The molecule has 10 nitrogen and oxygen atoms in total. The monoisotopic (exact) mass is 680 g/mol. The highest BCUT2D eigenvalue weighted by Crippen LogP contribution is 2.44. The molecule has 3 aromatic carbocycles. The second-order valence-corrected chi connectivity index (χ2v) is 13.1. The van der Waals surface area contributed by atoms with Crippen LogP contribution in [0.4, 0.5) is 22.8 Å². The van der Waals surface area contributed by atoms with Crippen molar-refractivity contribution in [2.24, 2.45) is 0 Å². The number of hydrogen-bond donors (Lipinski definition) is 3. The fraction of sp³-hybridized carbons (Fsp3) is 0.389. The smallest absolute Gasteiger partial charge is 0.416 e. The lowest BCUT2D eigenvalue weighted by molar-refractivity contribution is -0.137. The maximum absolute atomic E-state index is 13.7. The molecule has 1 saturated heterocycles. The maximum atomic E-state index is 13.7. The summed E-state index contributed by atoms with van der Waals surface area (Å²) in [5.74, 6) is -1.33. The number of carbonyl (C=O) groups is 4. The number of hydrogen-bond acceptors (Lipinski definition) is 6. The fourth-order valence-corrected chi connectivity index (χ4v) is 6.07. The van der Waals surface area contributed by atoms with Gasteiger partial charge in [-0.1, -0.05) is 48.5 Å². The number of alkyl carbamates (subject to hydrolysis) is 1. The molecule has 49 heavy (non-hydrogen) atoms. The predicted octanol–water partition coefficient (Wildman–Crippen LogP) is 5.86. The first-order chi connectivity index (χ1) is 23.2. The molecule has 3 N–H and O–H groups in total. The number of likely N-dealkylation sites (tertiary alicyclic amines) is 1. The van der Waals surface area contributed by atoms with E-state index in [1.165, 1.54) is 4.90 Å². The van der Waals surface area contributed by atoms with Crippen LogP contribution in [0.15, 0.2) is 72.8 Å². The van der Waals surface area contributed by atoms with E-state index in [9.17, 15) is 32.3 Å². The molecule has 4 amide bonds. The molecule has 0 spiro atoms. The summed E-state index contributed by atoms with van der Waals surface area (Å²) in [6.07, 6.45) is -5.71. The Labute approximate surface area is 282 Å². The molecular weight excluding hydrogens is 641 g/mol. The van der Waals surface area contributed by atoms with E-state index in [4.69, 9.17) is 9.47 Å². The molecule has 0 radical (unpaired) electrons. The van der Waals surface area contributed by atoms with Crippen molar-refractivity contribution in [3.8, 4) is 11.1 Å². The molecule has 3 aromatic rings. The van der Waals surface area contributed by atoms with Gasteiger partial charge in [-0.2, -0.15) is 13.2 Å². The number of carbonyl (C=O) groups excluding carboxylic acids is 4. The van der Waals surface area contributed by atoms with Gasteiger partial charge in [-0.25, -0.2) is 9.59 Å². The number of fused-ring (bicyclic) bond motifs is 3.